The van der Waals surface area contributed by atoms with Crippen molar-refractivity contribution in [1.29, 1.82) is 0 Å². The van der Waals surface area contributed by atoms with Crippen molar-refractivity contribution >= 4 is 0 Å². The minimum atomic E-state index is 0.0832. The second-order valence-electron chi connectivity index (χ2n) is 6.21. The van der Waals surface area contributed by atoms with Gasteiger partial charge in [0.15, 0.2) is 11.5 Å². The molecular weight excluding hydrogens is 254 g/mol. The normalized spacial score (nSPS) is 18.4. The maximum absolute atomic E-state index is 5.64. The Balaban J connectivity index is 2.71. The first-order valence-electron chi connectivity index (χ1n) is 6.99. The number of hydrogen-bond donors (Lipinski definition) is 1. The Bertz CT molecular complexity index is 469. The Morgan fingerprint density at radius 3 is 2.20 bits per heavy atom. The van der Waals surface area contributed by atoms with Crippen molar-refractivity contribution in [2.75, 3.05) is 27.9 Å². The number of hydrogen-bond acceptors (Lipinski definition) is 4. The minimum Gasteiger partial charge on any atom is -0.496 e. The van der Waals surface area contributed by atoms with Crippen LogP contribution in [0.1, 0.15) is 37.9 Å². The number of ether oxygens (including phenoxy) is 3. The highest BCUT2D eigenvalue weighted by Gasteiger charge is 2.35. The Kier molecular flexibility index (Phi) is 4.14. The topological polar surface area (TPSA) is 39.7 Å². The third-order valence-corrected chi connectivity index (χ3v) is 3.88. The Morgan fingerprint density at radius 1 is 1.05 bits per heavy atom. The van der Waals surface area contributed by atoms with Crippen LogP contribution in [0.4, 0.5) is 0 Å². The van der Waals surface area contributed by atoms with Gasteiger partial charge in [-0.25, -0.2) is 0 Å². The quantitative estimate of drug-likeness (QED) is 0.923. The van der Waals surface area contributed by atoms with Crippen LogP contribution in [0, 0.1) is 5.41 Å². The van der Waals surface area contributed by atoms with Gasteiger partial charge in [-0.3, -0.25) is 0 Å². The zero-order valence-corrected chi connectivity index (χ0v) is 13.3. The van der Waals surface area contributed by atoms with Crippen molar-refractivity contribution in [3.05, 3.63) is 17.2 Å². The molecule has 0 bridgehead atoms. The molecule has 112 valence electrons. The van der Waals surface area contributed by atoms with Gasteiger partial charge in [0.2, 0.25) is 0 Å². The van der Waals surface area contributed by atoms with Gasteiger partial charge < -0.3 is 19.5 Å². The fourth-order valence-corrected chi connectivity index (χ4v) is 2.96. The summed E-state index contributed by atoms with van der Waals surface area (Å²) in [5, 5.41) is 3.60. The number of nitrogens with one attached hydrogen (secondary N) is 1. The van der Waals surface area contributed by atoms with Gasteiger partial charge in [0, 0.05) is 23.2 Å². The van der Waals surface area contributed by atoms with Gasteiger partial charge in [-0.15, -0.1) is 0 Å². The van der Waals surface area contributed by atoms with Crippen molar-refractivity contribution in [2.45, 2.75) is 33.2 Å². The van der Waals surface area contributed by atoms with Gasteiger partial charge >= 0.3 is 0 Å². The highest BCUT2D eigenvalue weighted by Crippen LogP contribution is 2.48. The van der Waals surface area contributed by atoms with Gasteiger partial charge in [0.25, 0.3) is 0 Å². The molecule has 1 aliphatic rings. The first kappa shape index (κ1) is 15.0. The van der Waals surface area contributed by atoms with Crippen molar-refractivity contribution in [2.24, 2.45) is 5.41 Å². The summed E-state index contributed by atoms with van der Waals surface area (Å²) in [6.07, 6.45) is 0.936. The number of fused-ring (bicyclic) bond motifs is 1. The summed E-state index contributed by atoms with van der Waals surface area (Å²) in [5.41, 5.74) is 2.48. The van der Waals surface area contributed by atoms with E-state index in [-0.39, 0.29) is 11.5 Å². The number of methoxy groups -OCH3 is 3. The standard InChI is InChI=1S/C16H25NO3/c1-16(2,3)15-13-10(7-8-17-15)11(18-4)9-12(19-5)14(13)20-6/h9,15,17H,7-8H2,1-6H3. The third kappa shape index (κ3) is 2.44. The lowest BCUT2D eigenvalue weighted by Crippen LogP contribution is -2.38. The van der Waals surface area contributed by atoms with Gasteiger partial charge in [0.05, 0.1) is 21.3 Å². The van der Waals surface area contributed by atoms with Gasteiger partial charge in [-0.05, 0) is 18.4 Å². The molecule has 1 N–H and O–H groups in total. The van der Waals surface area contributed by atoms with Crippen LogP contribution in [0.25, 0.3) is 0 Å². The molecule has 4 heteroatoms. The lowest BCUT2D eigenvalue weighted by Gasteiger charge is -2.38. The summed E-state index contributed by atoms with van der Waals surface area (Å²) >= 11 is 0. The molecule has 1 aromatic carbocycles. The number of benzene rings is 1. The van der Waals surface area contributed by atoms with Crippen molar-refractivity contribution < 1.29 is 14.2 Å². The molecule has 2 rings (SSSR count). The SMILES string of the molecule is COc1cc(OC)c(OC)c2c1CCNC2C(C)(C)C. The van der Waals surface area contributed by atoms with E-state index in [1.165, 1.54) is 11.1 Å². The molecular formula is C16H25NO3. The lowest BCUT2D eigenvalue weighted by atomic mass is 9.77. The molecule has 1 aromatic rings. The molecule has 0 aliphatic carbocycles. The van der Waals surface area contributed by atoms with Crippen LogP contribution in [0.3, 0.4) is 0 Å². The highest BCUT2D eigenvalue weighted by atomic mass is 16.5. The first-order chi connectivity index (χ1) is 9.43. The molecule has 4 nitrogen and oxygen atoms in total. The average molecular weight is 279 g/mol. The molecule has 0 amide bonds. The Morgan fingerprint density at radius 2 is 1.70 bits per heavy atom. The maximum Gasteiger partial charge on any atom is 0.166 e. The molecule has 1 aliphatic heterocycles. The van der Waals surface area contributed by atoms with Crippen molar-refractivity contribution in [3.8, 4) is 17.2 Å². The predicted octanol–water partition coefficient (Wildman–Crippen LogP) is 2.95. The van der Waals surface area contributed by atoms with Crippen LogP contribution in [0.15, 0.2) is 6.07 Å². The van der Waals surface area contributed by atoms with Gasteiger partial charge in [-0.2, -0.15) is 0 Å². The largest absolute Gasteiger partial charge is 0.496 e. The molecule has 0 radical (unpaired) electrons. The van der Waals surface area contributed by atoms with Gasteiger partial charge in [0.1, 0.15) is 5.75 Å². The molecule has 20 heavy (non-hydrogen) atoms. The van der Waals surface area contributed by atoms with Crippen molar-refractivity contribution in [3.63, 3.8) is 0 Å². The van der Waals surface area contributed by atoms with Crippen LogP contribution in [-0.2, 0) is 6.42 Å². The smallest absolute Gasteiger partial charge is 0.166 e. The van der Waals surface area contributed by atoms with E-state index in [4.69, 9.17) is 14.2 Å². The van der Waals surface area contributed by atoms with E-state index < -0.39 is 0 Å². The third-order valence-electron chi connectivity index (χ3n) is 3.88. The van der Waals surface area contributed by atoms with E-state index in [1.807, 2.05) is 6.07 Å². The van der Waals surface area contributed by atoms with Crippen LogP contribution in [-0.4, -0.2) is 27.9 Å². The van der Waals surface area contributed by atoms with Crippen LogP contribution < -0.4 is 19.5 Å². The van der Waals surface area contributed by atoms with E-state index in [0.717, 1.165) is 30.2 Å². The molecule has 0 aromatic heterocycles. The summed E-state index contributed by atoms with van der Waals surface area (Å²) in [5.74, 6) is 2.42. The summed E-state index contributed by atoms with van der Waals surface area (Å²) in [4.78, 5) is 0. The van der Waals surface area contributed by atoms with E-state index in [2.05, 4.69) is 26.1 Å². The molecule has 0 fully saturated rings. The maximum atomic E-state index is 5.64. The average Bonchev–Trinajstić information content (AvgIpc) is 2.43. The molecule has 0 spiro atoms. The summed E-state index contributed by atoms with van der Waals surface area (Å²) in [6.45, 7) is 7.63. The monoisotopic (exact) mass is 279 g/mol. The minimum absolute atomic E-state index is 0.0832. The van der Waals surface area contributed by atoms with E-state index in [9.17, 15) is 0 Å². The molecule has 1 unspecified atom stereocenters. The summed E-state index contributed by atoms with van der Waals surface area (Å²) in [6, 6.07) is 2.13. The van der Waals surface area contributed by atoms with Gasteiger partial charge in [-0.1, -0.05) is 20.8 Å². The Hall–Kier alpha value is -1.42. The highest BCUT2D eigenvalue weighted by molar-refractivity contribution is 5.59. The van der Waals surface area contributed by atoms with Crippen LogP contribution in [0.5, 0.6) is 17.2 Å². The summed E-state index contributed by atoms with van der Waals surface area (Å²) < 4.78 is 16.7. The van der Waals surface area contributed by atoms with Crippen LogP contribution >= 0.6 is 0 Å². The first-order valence-corrected chi connectivity index (χ1v) is 6.99. The van der Waals surface area contributed by atoms with E-state index >= 15 is 0 Å². The molecule has 1 heterocycles. The second kappa shape index (κ2) is 5.52. The van der Waals surface area contributed by atoms with E-state index in [1.54, 1.807) is 21.3 Å². The fourth-order valence-electron chi connectivity index (χ4n) is 2.96. The predicted molar refractivity (Wildman–Crippen MR) is 80.0 cm³/mol. The fraction of sp³-hybridized carbons (Fsp3) is 0.625. The van der Waals surface area contributed by atoms with Crippen molar-refractivity contribution in [1.82, 2.24) is 5.32 Å². The molecule has 1 atom stereocenters. The molecule has 0 saturated heterocycles. The zero-order chi connectivity index (χ0) is 14.9. The summed E-state index contributed by atoms with van der Waals surface area (Å²) in [7, 11) is 5.06. The Labute approximate surface area is 121 Å². The van der Waals surface area contributed by atoms with Crippen LogP contribution in [0.2, 0.25) is 0 Å². The zero-order valence-electron chi connectivity index (χ0n) is 13.3. The second-order valence-corrected chi connectivity index (χ2v) is 6.21. The van der Waals surface area contributed by atoms with E-state index in [0.29, 0.717) is 0 Å². The molecule has 0 saturated carbocycles. The number of rotatable bonds is 3. The lowest BCUT2D eigenvalue weighted by molar-refractivity contribution is 0.248.